The van der Waals surface area contributed by atoms with Crippen LogP contribution in [-0.2, 0) is 21.8 Å². The van der Waals surface area contributed by atoms with Crippen molar-refractivity contribution < 1.29 is 13.6 Å². The Morgan fingerprint density at radius 3 is 2.72 bits per heavy atom. The minimum atomic E-state index is -1.93. The van der Waals surface area contributed by atoms with Crippen molar-refractivity contribution in [2.24, 2.45) is 0 Å². The fourth-order valence-electron chi connectivity index (χ4n) is 2.28. The lowest BCUT2D eigenvalue weighted by atomic mass is 10.2. The highest BCUT2D eigenvalue weighted by atomic mass is 35.5. The Bertz CT molecular complexity index is 920. The number of phenols is 1. The maximum absolute atomic E-state index is 12.3. The summed E-state index contributed by atoms with van der Waals surface area (Å²) in [4.78, 5) is 4.14. The van der Waals surface area contributed by atoms with E-state index in [2.05, 4.69) is 10.5 Å². The fraction of sp³-hybridized carbons (Fsp3) is 0.118. The number of halogens is 2. The zero-order valence-corrected chi connectivity index (χ0v) is 15.2. The number of nitrogens with zero attached hydrogens (tertiary/aromatic N) is 1. The van der Waals surface area contributed by atoms with Gasteiger partial charge in [-0.2, -0.15) is 9.76 Å². The van der Waals surface area contributed by atoms with Crippen LogP contribution in [0.3, 0.4) is 0 Å². The fourth-order valence-corrected chi connectivity index (χ4v) is 3.48. The van der Waals surface area contributed by atoms with Crippen LogP contribution in [0, 0.1) is 0 Å². The number of hydroxylamine groups is 1. The van der Waals surface area contributed by atoms with Crippen molar-refractivity contribution in [2.75, 3.05) is 6.54 Å². The van der Waals surface area contributed by atoms with Crippen LogP contribution in [0.25, 0.3) is 10.9 Å². The van der Waals surface area contributed by atoms with Crippen molar-refractivity contribution >= 4 is 45.2 Å². The molecule has 0 saturated heterocycles. The summed E-state index contributed by atoms with van der Waals surface area (Å²) >= 11 is 10.1. The van der Waals surface area contributed by atoms with Crippen LogP contribution < -0.4 is 5.48 Å². The monoisotopic (exact) mass is 396 g/mol. The second-order valence-electron chi connectivity index (χ2n) is 5.19. The molecule has 0 spiro atoms. The van der Waals surface area contributed by atoms with E-state index in [1.807, 2.05) is 12.1 Å². The summed E-state index contributed by atoms with van der Waals surface area (Å²) in [6.45, 7) is 0.438. The number of aromatic nitrogens is 1. The van der Waals surface area contributed by atoms with E-state index < -0.39 is 11.1 Å². The van der Waals surface area contributed by atoms with Crippen LogP contribution in [0.1, 0.15) is 5.56 Å². The van der Waals surface area contributed by atoms with Crippen molar-refractivity contribution in [3.8, 4) is 5.75 Å². The first kappa shape index (κ1) is 18.1. The number of nitrogens with one attached hydrogen (secondary N) is 1. The lowest BCUT2D eigenvalue weighted by Gasteiger charge is -2.09. The average Bonchev–Trinajstić information content (AvgIpc) is 2.63. The molecule has 8 heteroatoms. The molecule has 0 aliphatic carbocycles. The normalized spacial score (nSPS) is 12.4. The number of phenolic OH excluding ortho intramolecular Hbond substituents is 1. The molecule has 1 aromatic heterocycles. The summed E-state index contributed by atoms with van der Waals surface area (Å²) in [5, 5.41) is 11.9. The molecule has 130 valence electrons. The third-order valence-corrected chi connectivity index (χ3v) is 5.03. The van der Waals surface area contributed by atoms with E-state index in [0.29, 0.717) is 28.4 Å². The molecule has 0 radical (unpaired) electrons. The molecule has 3 rings (SSSR count). The molecular formula is C17H14Cl2N2O3S. The van der Waals surface area contributed by atoms with E-state index in [1.165, 1.54) is 12.3 Å². The Kier molecular flexibility index (Phi) is 5.88. The van der Waals surface area contributed by atoms with Gasteiger partial charge >= 0.3 is 0 Å². The van der Waals surface area contributed by atoms with Gasteiger partial charge in [0.1, 0.15) is 10.4 Å². The summed E-state index contributed by atoms with van der Waals surface area (Å²) in [7, 11) is 0. The first-order chi connectivity index (χ1) is 12.1. The maximum atomic E-state index is 12.3. The molecule has 1 unspecified atom stereocenters. The van der Waals surface area contributed by atoms with Crippen LogP contribution in [-0.4, -0.2) is 20.8 Å². The van der Waals surface area contributed by atoms with Crippen molar-refractivity contribution in [2.45, 2.75) is 11.3 Å². The smallest absolute Gasteiger partial charge is 0.210 e. The van der Waals surface area contributed by atoms with E-state index in [9.17, 15) is 9.32 Å². The summed E-state index contributed by atoms with van der Waals surface area (Å²) in [6, 6.07) is 12.3. The third-order valence-electron chi connectivity index (χ3n) is 3.52. The van der Waals surface area contributed by atoms with E-state index >= 15 is 0 Å². The zero-order valence-electron chi connectivity index (χ0n) is 12.9. The number of benzene rings is 2. The van der Waals surface area contributed by atoms with Gasteiger partial charge in [0, 0.05) is 23.2 Å². The molecule has 2 aromatic carbocycles. The Balaban J connectivity index is 1.64. The van der Waals surface area contributed by atoms with Gasteiger partial charge in [-0.1, -0.05) is 35.3 Å². The number of fused-ring (bicyclic) bond motifs is 1. The van der Waals surface area contributed by atoms with Crippen molar-refractivity contribution in [3.63, 3.8) is 0 Å². The Hall–Kier alpha value is -1.70. The van der Waals surface area contributed by atoms with Gasteiger partial charge in [-0.25, -0.2) is 4.21 Å². The SMILES string of the molecule is O=S(ONCCc1ccc(Cl)cc1)c1cc(Cl)c2cccnc2c1O. The predicted octanol–water partition coefficient (Wildman–Crippen LogP) is 4.03. The first-order valence-electron chi connectivity index (χ1n) is 7.39. The van der Waals surface area contributed by atoms with Crippen molar-refractivity contribution in [1.82, 2.24) is 10.5 Å². The molecule has 3 aromatic rings. The second kappa shape index (κ2) is 8.12. The minimum Gasteiger partial charge on any atom is -0.504 e. The molecule has 0 fully saturated rings. The molecule has 0 saturated carbocycles. The molecular weight excluding hydrogens is 383 g/mol. The van der Waals surface area contributed by atoms with E-state index in [0.717, 1.165) is 5.56 Å². The van der Waals surface area contributed by atoms with E-state index in [4.69, 9.17) is 27.5 Å². The van der Waals surface area contributed by atoms with Gasteiger partial charge in [0.05, 0.1) is 5.02 Å². The minimum absolute atomic E-state index is 0.0650. The van der Waals surface area contributed by atoms with Crippen molar-refractivity contribution in [1.29, 1.82) is 0 Å². The summed E-state index contributed by atoms with van der Waals surface area (Å²) < 4.78 is 17.4. The standard InChI is InChI=1S/C17H14Cl2N2O3S/c18-12-5-3-11(4-6-12)7-9-21-24-25(23)15-10-14(19)13-2-1-8-20-16(13)17(15)22/h1-6,8,10,21-22H,7,9H2. The van der Waals surface area contributed by atoms with Gasteiger partial charge in [-0.15, -0.1) is 0 Å². The highest BCUT2D eigenvalue weighted by Crippen LogP contribution is 2.34. The molecule has 5 nitrogen and oxygen atoms in total. The predicted molar refractivity (Wildman–Crippen MR) is 99.1 cm³/mol. The van der Waals surface area contributed by atoms with Gasteiger partial charge in [-0.05, 0) is 42.3 Å². The quantitative estimate of drug-likeness (QED) is 0.485. The van der Waals surface area contributed by atoms with Crippen LogP contribution in [0.2, 0.25) is 10.0 Å². The van der Waals surface area contributed by atoms with E-state index in [1.54, 1.807) is 24.3 Å². The van der Waals surface area contributed by atoms with Gasteiger partial charge < -0.3 is 5.11 Å². The van der Waals surface area contributed by atoms with Crippen LogP contribution >= 0.6 is 23.2 Å². The summed E-state index contributed by atoms with van der Waals surface area (Å²) in [5.74, 6) is -0.210. The Morgan fingerprint density at radius 1 is 1.20 bits per heavy atom. The topological polar surface area (TPSA) is 71.5 Å². The van der Waals surface area contributed by atoms with Crippen LogP contribution in [0.15, 0.2) is 53.6 Å². The molecule has 2 N–H and O–H groups in total. The van der Waals surface area contributed by atoms with E-state index in [-0.39, 0.29) is 16.2 Å². The molecule has 0 aliphatic rings. The maximum Gasteiger partial charge on any atom is 0.210 e. The Morgan fingerprint density at radius 2 is 1.96 bits per heavy atom. The number of hydrogen-bond donors (Lipinski definition) is 2. The van der Waals surface area contributed by atoms with Gasteiger partial charge in [0.2, 0.25) is 11.1 Å². The molecule has 0 amide bonds. The molecule has 0 bridgehead atoms. The highest BCUT2D eigenvalue weighted by Gasteiger charge is 2.17. The second-order valence-corrected chi connectivity index (χ2v) is 7.11. The lowest BCUT2D eigenvalue weighted by molar-refractivity contribution is 0.222. The average molecular weight is 397 g/mol. The Labute approximate surface area is 157 Å². The molecule has 0 aliphatic heterocycles. The number of pyridine rings is 1. The summed E-state index contributed by atoms with van der Waals surface area (Å²) in [6.07, 6.45) is 2.19. The van der Waals surface area contributed by atoms with Crippen LogP contribution in [0.4, 0.5) is 0 Å². The van der Waals surface area contributed by atoms with Crippen molar-refractivity contribution in [3.05, 3.63) is 64.3 Å². The molecule has 1 heterocycles. The largest absolute Gasteiger partial charge is 0.504 e. The number of aromatic hydroxyl groups is 1. The van der Waals surface area contributed by atoms with Gasteiger partial charge in [0.25, 0.3) is 0 Å². The lowest BCUT2D eigenvalue weighted by Crippen LogP contribution is -2.19. The number of rotatable bonds is 6. The third kappa shape index (κ3) is 4.29. The zero-order chi connectivity index (χ0) is 17.8. The number of hydrogen-bond acceptors (Lipinski definition) is 5. The summed E-state index contributed by atoms with van der Waals surface area (Å²) in [5.41, 5.74) is 3.98. The molecule has 25 heavy (non-hydrogen) atoms. The molecule has 1 atom stereocenters. The van der Waals surface area contributed by atoms with Gasteiger partial charge in [0.15, 0.2) is 5.75 Å². The van der Waals surface area contributed by atoms with Gasteiger partial charge in [-0.3, -0.25) is 4.98 Å². The first-order valence-corrected chi connectivity index (χ1v) is 9.22. The highest BCUT2D eigenvalue weighted by molar-refractivity contribution is 7.80. The van der Waals surface area contributed by atoms with Crippen LogP contribution in [0.5, 0.6) is 5.75 Å².